The molecule has 0 aromatic carbocycles. The second-order valence-electron chi connectivity index (χ2n) is 3.89. The maximum Gasteiger partial charge on any atom is 0.0886 e. The van der Waals surface area contributed by atoms with Crippen molar-refractivity contribution < 1.29 is 19.8 Å². The van der Waals surface area contributed by atoms with Crippen LogP contribution in [0.2, 0.25) is 0 Å². The Morgan fingerprint density at radius 3 is 1.43 bits per heavy atom. The van der Waals surface area contributed by atoms with E-state index >= 15 is 0 Å². The Morgan fingerprint density at radius 1 is 0.667 bits per heavy atom. The summed E-state index contributed by atoms with van der Waals surface area (Å²) in [7, 11) is 0. The molecule has 3 heterocycles. The second kappa shape index (κ2) is 9.69. The minimum atomic E-state index is 0. The van der Waals surface area contributed by atoms with E-state index in [1.807, 2.05) is 54.6 Å². The summed E-state index contributed by atoms with van der Waals surface area (Å²) < 4.78 is 0. The monoisotopic (exact) mass is 453 g/mol. The summed E-state index contributed by atoms with van der Waals surface area (Å²) in [6.45, 7) is 3.57. The van der Waals surface area contributed by atoms with Crippen molar-refractivity contribution in [3.8, 4) is 11.4 Å². The number of aromatic nitrogens is 3. The van der Waals surface area contributed by atoms with E-state index in [1.165, 1.54) is 0 Å². The van der Waals surface area contributed by atoms with E-state index in [1.54, 1.807) is 24.7 Å². The normalized spacial score (nSPS) is 8.76. The van der Waals surface area contributed by atoms with Gasteiger partial charge in [-0.05, 0) is 42.5 Å². The Bertz CT molecular complexity index is 590. The molecule has 0 spiro atoms. The average Bonchev–Trinajstić information content (AvgIpc) is 2.58. The maximum atomic E-state index is 4.19. The molecule has 0 saturated carbocycles. The van der Waals surface area contributed by atoms with Crippen LogP contribution in [0.4, 0.5) is 0 Å². The summed E-state index contributed by atoms with van der Waals surface area (Å²) in [4.78, 5) is 12.4. The number of rotatable bonds is 2. The molecule has 3 aromatic heterocycles. The van der Waals surface area contributed by atoms with E-state index in [4.69, 9.17) is 0 Å². The smallest absolute Gasteiger partial charge is 0.0886 e. The average molecular weight is 452 g/mol. The van der Waals surface area contributed by atoms with Crippen molar-refractivity contribution in [2.24, 2.45) is 0 Å². The van der Waals surface area contributed by atoms with Crippen LogP contribution in [-0.2, 0) is 19.8 Å². The van der Waals surface area contributed by atoms with Gasteiger partial charge in [-0.3, -0.25) is 15.0 Å². The van der Waals surface area contributed by atoms with E-state index in [9.17, 15) is 0 Å². The maximum absolute atomic E-state index is 4.19. The van der Waals surface area contributed by atoms with Crippen molar-refractivity contribution in [1.82, 2.24) is 15.0 Å². The van der Waals surface area contributed by atoms with Crippen LogP contribution in [-0.4, -0.2) is 15.0 Å². The first-order valence-electron chi connectivity index (χ1n) is 6.26. The minimum absolute atomic E-state index is 0. The van der Waals surface area contributed by atoms with Crippen LogP contribution in [0.1, 0.15) is 5.69 Å². The van der Waals surface area contributed by atoms with Gasteiger partial charge < -0.3 is 0 Å². The molecular weight excluding hydrogens is 436 g/mol. The first kappa shape index (κ1) is 16.9. The van der Waals surface area contributed by atoms with Crippen LogP contribution >= 0.6 is 0 Å². The van der Waals surface area contributed by atoms with E-state index in [0.717, 1.165) is 17.1 Å². The van der Waals surface area contributed by atoms with E-state index in [-0.39, 0.29) is 19.8 Å². The standard InChI is InChI=1S/C10H8N2.C7H7N.Os/c1-3-7-11-9(5-1)10-6-2-4-8-12-10;1-2-7-5-3-4-6-8-7;/h1-8H;2-6H,1H2;. The van der Waals surface area contributed by atoms with Gasteiger partial charge in [0.25, 0.3) is 0 Å². The Kier molecular flexibility index (Phi) is 7.79. The number of nitrogens with zero attached hydrogens (tertiary/aromatic N) is 3. The summed E-state index contributed by atoms with van der Waals surface area (Å²) in [5.74, 6) is 0. The van der Waals surface area contributed by atoms with Crippen molar-refractivity contribution >= 4 is 6.08 Å². The minimum Gasteiger partial charge on any atom is -0.257 e. The molecule has 3 aromatic rings. The zero-order chi connectivity index (χ0) is 14.0. The third-order valence-electron chi connectivity index (χ3n) is 2.49. The first-order chi connectivity index (χ1) is 9.90. The Labute approximate surface area is 137 Å². The van der Waals surface area contributed by atoms with Gasteiger partial charge in [0.15, 0.2) is 0 Å². The summed E-state index contributed by atoms with van der Waals surface area (Å²) in [5.41, 5.74) is 2.75. The quantitative estimate of drug-likeness (QED) is 0.594. The fourth-order valence-electron chi connectivity index (χ4n) is 1.53. The molecule has 0 unspecified atom stereocenters. The van der Waals surface area contributed by atoms with Crippen LogP contribution in [0, 0.1) is 0 Å². The molecule has 0 aliphatic heterocycles. The van der Waals surface area contributed by atoms with Gasteiger partial charge in [0.1, 0.15) is 0 Å². The molecule has 0 aliphatic rings. The summed E-state index contributed by atoms with van der Waals surface area (Å²) in [6, 6.07) is 17.3. The largest absolute Gasteiger partial charge is 0.257 e. The Morgan fingerprint density at radius 2 is 1.14 bits per heavy atom. The molecular formula is C17H15N3Os. The fraction of sp³-hybridized carbons (Fsp3) is 0. The van der Waals surface area contributed by atoms with Crippen molar-refractivity contribution in [1.29, 1.82) is 0 Å². The van der Waals surface area contributed by atoms with Crippen LogP contribution < -0.4 is 0 Å². The van der Waals surface area contributed by atoms with Gasteiger partial charge in [-0.25, -0.2) is 0 Å². The molecule has 21 heavy (non-hydrogen) atoms. The molecule has 0 bridgehead atoms. The van der Waals surface area contributed by atoms with Gasteiger partial charge >= 0.3 is 0 Å². The van der Waals surface area contributed by atoms with Crippen molar-refractivity contribution in [3.05, 3.63) is 85.5 Å². The summed E-state index contributed by atoms with van der Waals surface area (Å²) >= 11 is 0. The molecule has 106 valence electrons. The van der Waals surface area contributed by atoms with Crippen molar-refractivity contribution in [3.63, 3.8) is 0 Å². The first-order valence-corrected chi connectivity index (χ1v) is 6.26. The van der Waals surface area contributed by atoms with Gasteiger partial charge in [0, 0.05) is 38.4 Å². The van der Waals surface area contributed by atoms with Crippen molar-refractivity contribution in [2.75, 3.05) is 0 Å². The third-order valence-corrected chi connectivity index (χ3v) is 2.49. The molecule has 4 heteroatoms. The molecule has 0 aliphatic carbocycles. The van der Waals surface area contributed by atoms with Gasteiger partial charge in [-0.1, -0.05) is 24.8 Å². The third kappa shape index (κ3) is 5.77. The van der Waals surface area contributed by atoms with E-state index < -0.39 is 0 Å². The van der Waals surface area contributed by atoms with Gasteiger partial charge in [0.2, 0.25) is 0 Å². The number of hydrogen-bond donors (Lipinski definition) is 0. The van der Waals surface area contributed by atoms with E-state index in [0.29, 0.717) is 0 Å². The zero-order valence-corrected chi connectivity index (χ0v) is 13.9. The fourth-order valence-corrected chi connectivity index (χ4v) is 1.53. The van der Waals surface area contributed by atoms with Gasteiger partial charge in [-0.2, -0.15) is 0 Å². The molecule has 0 atom stereocenters. The SMILES string of the molecule is C=Cc1ccccn1.[Os].c1ccc(-c2ccccn2)nc1. The molecule has 0 saturated heterocycles. The molecule has 3 rings (SSSR count). The molecule has 0 fully saturated rings. The molecule has 3 nitrogen and oxygen atoms in total. The zero-order valence-electron chi connectivity index (χ0n) is 11.4. The molecule has 0 radical (unpaired) electrons. The topological polar surface area (TPSA) is 38.7 Å². The molecule has 0 N–H and O–H groups in total. The Hall–Kier alpha value is -2.17. The van der Waals surface area contributed by atoms with Gasteiger partial charge in [0.05, 0.1) is 17.1 Å². The van der Waals surface area contributed by atoms with Crippen molar-refractivity contribution in [2.45, 2.75) is 0 Å². The van der Waals surface area contributed by atoms with Crippen LogP contribution in [0.15, 0.2) is 79.8 Å². The summed E-state index contributed by atoms with van der Waals surface area (Å²) in [6.07, 6.45) is 7.00. The second-order valence-corrected chi connectivity index (χ2v) is 3.89. The Balaban J connectivity index is 0.000000216. The predicted molar refractivity (Wildman–Crippen MR) is 81.8 cm³/mol. The number of hydrogen-bond acceptors (Lipinski definition) is 3. The summed E-state index contributed by atoms with van der Waals surface area (Å²) in [5, 5.41) is 0. The number of pyridine rings is 3. The van der Waals surface area contributed by atoms with Gasteiger partial charge in [-0.15, -0.1) is 0 Å². The van der Waals surface area contributed by atoms with Crippen LogP contribution in [0.25, 0.3) is 17.5 Å². The van der Waals surface area contributed by atoms with Crippen LogP contribution in [0.5, 0.6) is 0 Å². The van der Waals surface area contributed by atoms with E-state index in [2.05, 4.69) is 21.5 Å². The van der Waals surface area contributed by atoms with Crippen LogP contribution in [0.3, 0.4) is 0 Å². The molecule has 0 amide bonds. The predicted octanol–water partition coefficient (Wildman–Crippen LogP) is 3.87.